The van der Waals surface area contributed by atoms with Gasteiger partial charge in [-0.05, 0) is 68.9 Å². The molecule has 2 aromatic carbocycles. The zero-order valence-corrected chi connectivity index (χ0v) is 16.8. The van der Waals surface area contributed by atoms with Crippen LogP contribution in [0.25, 0.3) is 0 Å². The molecule has 3 nitrogen and oxygen atoms in total. The van der Waals surface area contributed by atoms with Gasteiger partial charge in [0.1, 0.15) is 0 Å². The van der Waals surface area contributed by atoms with E-state index in [1.165, 1.54) is 0 Å². The summed E-state index contributed by atoms with van der Waals surface area (Å²) in [6.07, 6.45) is 0. The highest BCUT2D eigenvalue weighted by Gasteiger charge is 2.14. The summed E-state index contributed by atoms with van der Waals surface area (Å²) < 4.78 is 3.29. The fourth-order valence-corrected chi connectivity index (χ4v) is 3.88. The molecule has 0 saturated carbocycles. The van der Waals surface area contributed by atoms with Gasteiger partial charge in [-0.25, -0.2) is 0 Å². The minimum absolute atomic E-state index is 0.203. The Balaban J connectivity index is 2.35. The van der Waals surface area contributed by atoms with Gasteiger partial charge in [0.05, 0.1) is 16.9 Å². The fourth-order valence-electron chi connectivity index (χ4n) is 1.58. The number of anilines is 2. The number of amides is 1. The first-order valence-electron chi connectivity index (χ1n) is 5.39. The summed E-state index contributed by atoms with van der Waals surface area (Å²) in [6, 6.07) is 9.12. The molecular weight excluding hydrogens is 567 g/mol. The van der Waals surface area contributed by atoms with E-state index in [4.69, 9.17) is 5.73 Å². The van der Waals surface area contributed by atoms with Crippen molar-refractivity contribution in [3.63, 3.8) is 0 Å². The van der Waals surface area contributed by atoms with E-state index in [0.29, 0.717) is 16.9 Å². The molecule has 0 unspecified atom stereocenters. The monoisotopic (exact) mass is 572 g/mol. The summed E-state index contributed by atoms with van der Waals surface area (Å²) in [5.41, 5.74) is 7.58. The normalized spacial score (nSPS) is 10.4. The van der Waals surface area contributed by atoms with Crippen molar-refractivity contribution in [2.75, 3.05) is 11.1 Å². The Bertz CT molecular complexity index is 668. The van der Waals surface area contributed by atoms with E-state index in [2.05, 4.69) is 75.7 Å². The third-order valence-corrected chi connectivity index (χ3v) is 5.01. The van der Waals surface area contributed by atoms with Crippen LogP contribution in [-0.2, 0) is 0 Å². The van der Waals surface area contributed by atoms with Gasteiger partial charge in [-0.3, -0.25) is 4.79 Å². The molecule has 0 aliphatic carbocycles. The average Bonchev–Trinajstić information content (AvgIpc) is 2.36. The second-order valence-electron chi connectivity index (χ2n) is 3.93. The number of hydrogen-bond acceptors (Lipinski definition) is 2. The van der Waals surface area contributed by atoms with Gasteiger partial charge < -0.3 is 11.1 Å². The van der Waals surface area contributed by atoms with Gasteiger partial charge in [-0.2, -0.15) is 0 Å². The molecule has 0 radical (unpaired) electrons. The highest BCUT2D eigenvalue weighted by atomic mass is 127. The van der Waals surface area contributed by atoms with Crippen LogP contribution in [0.5, 0.6) is 0 Å². The smallest absolute Gasteiger partial charge is 0.256 e. The Hall–Kier alpha value is -0.120. The molecule has 7 heteroatoms. The molecule has 2 aromatic rings. The average molecular weight is 575 g/mol. The summed E-state index contributed by atoms with van der Waals surface area (Å²) >= 11 is 12.2. The molecule has 0 aliphatic heterocycles. The van der Waals surface area contributed by atoms with E-state index in [-0.39, 0.29) is 5.91 Å². The molecule has 0 aromatic heterocycles. The molecule has 3 N–H and O–H groups in total. The number of halogens is 4. The van der Waals surface area contributed by atoms with Crippen molar-refractivity contribution < 1.29 is 4.79 Å². The van der Waals surface area contributed by atoms with E-state index in [9.17, 15) is 4.79 Å². The molecule has 20 heavy (non-hydrogen) atoms. The van der Waals surface area contributed by atoms with Crippen molar-refractivity contribution in [2.24, 2.45) is 0 Å². The van der Waals surface area contributed by atoms with Crippen LogP contribution in [0.3, 0.4) is 0 Å². The van der Waals surface area contributed by atoms with Crippen LogP contribution in [0.4, 0.5) is 11.4 Å². The second kappa shape index (κ2) is 6.76. The predicted octanol–water partition coefficient (Wildman–Crippen LogP) is 5.41. The maximum atomic E-state index is 12.4. The van der Waals surface area contributed by atoms with E-state index in [1.807, 2.05) is 18.2 Å². The van der Waals surface area contributed by atoms with E-state index in [1.54, 1.807) is 12.1 Å². The summed E-state index contributed by atoms with van der Waals surface area (Å²) in [5.74, 6) is -0.203. The number of rotatable bonds is 2. The predicted molar refractivity (Wildman–Crippen MR) is 101 cm³/mol. The third-order valence-electron chi connectivity index (χ3n) is 2.50. The number of carbonyl (C=O) groups excluding carboxylic acids is 1. The highest BCUT2D eigenvalue weighted by molar-refractivity contribution is 14.1. The van der Waals surface area contributed by atoms with Crippen molar-refractivity contribution >= 4 is 87.7 Å². The largest absolute Gasteiger partial charge is 0.397 e. The number of nitrogen functional groups attached to an aromatic ring is 1. The van der Waals surface area contributed by atoms with Crippen molar-refractivity contribution in [2.45, 2.75) is 0 Å². The van der Waals surface area contributed by atoms with Crippen molar-refractivity contribution in [3.8, 4) is 0 Å². The fraction of sp³-hybridized carbons (Fsp3) is 0. The number of nitrogens with two attached hydrogens (primary N) is 1. The Morgan fingerprint density at radius 3 is 2.45 bits per heavy atom. The van der Waals surface area contributed by atoms with Gasteiger partial charge in [0, 0.05) is 17.0 Å². The van der Waals surface area contributed by atoms with Gasteiger partial charge in [-0.15, -0.1) is 0 Å². The van der Waals surface area contributed by atoms with Crippen LogP contribution in [0.15, 0.2) is 43.7 Å². The van der Waals surface area contributed by atoms with Gasteiger partial charge in [0.15, 0.2) is 0 Å². The molecule has 0 bridgehead atoms. The minimum atomic E-state index is -0.203. The minimum Gasteiger partial charge on any atom is -0.397 e. The first-order chi connectivity index (χ1) is 9.38. The van der Waals surface area contributed by atoms with Gasteiger partial charge >= 0.3 is 0 Å². The van der Waals surface area contributed by atoms with Crippen LogP contribution >= 0.6 is 70.4 Å². The van der Waals surface area contributed by atoms with Gasteiger partial charge in [-0.1, -0.05) is 31.9 Å². The SMILES string of the molecule is Nc1cc(Br)cc(Br)c1NC(=O)c1cc(Br)ccc1I. The first-order valence-corrected chi connectivity index (χ1v) is 8.85. The van der Waals surface area contributed by atoms with Crippen LogP contribution < -0.4 is 11.1 Å². The molecule has 0 heterocycles. The molecule has 0 spiro atoms. The van der Waals surface area contributed by atoms with Crippen LogP contribution in [0.2, 0.25) is 0 Å². The Kier molecular flexibility index (Phi) is 5.49. The number of benzene rings is 2. The summed E-state index contributed by atoms with van der Waals surface area (Å²) in [5, 5.41) is 2.83. The lowest BCUT2D eigenvalue weighted by Gasteiger charge is -2.12. The van der Waals surface area contributed by atoms with Crippen LogP contribution in [-0.4, -0.2) is 5.91 Å². The van der Waals surface area contributed by atoms with Gasteiger partial charge in [0.25, 0.3) is 5.91 Å². The molecule has 2 rings (SSSR count). The van der Waals surface area contributed by atoms with Crippen LogP contribution in [0, 0.1) is 3.57 Å². The summed E-state index contributed by atoms with van der Waals surface area (Å²) in [7, 11) is 0. The zero-order valence-electron chi connectivity index (χ0n) is 9.88. The first kappa shape index (κ1) is 16.3. The molecular formula is C13H8Br3IN2O. The molecule has 0 fully saturated rings. The molecule has 0 atom stereocenters. The molecule has 0 saturated heterocycles. The molecule has 104 valence electrons. The Morgan fingerprint density at radius 2 is 1.80 bits per heavy atom. The van der Waals surface area contributed by atoms with E-state index >= 15 is 0 Å². The third kappa shape index (κ3) is 3.75. The molecule has 0 aliphatic rings. The summed E-state index contributed by atoms with van der Waals surface area (Å²) in [6.45, 7) is 0. The topological polar surface area (TPSA) is 55.1 Å². The Labute approximate surface area is 155 Å². The number of nitrogens with one attached hydrogen (secondary N) is 1. The number of carbonyl (C=O) groups is 1. The van der Waals surface area contributed by atoms with Crippen molar-refractivity contribution in [1.82, 2.24) is 0 Å². The highest BCUT2D eigenvalue weighted by Crippen LogP contribution is 2.33. The standard InChI is InChI=1S/C13H8Br3IN2O/c14-6-1-2-10(17)8(3-6)13(20)19-12-9(16)4-7(15)5-11(12)18/h1-5H,18H2,(H,19,20). The van der Waals surface area contributed by atoms with E-state index in [0.717, 1.165) is 17.0 Å². The maximum Gasteiger partial charge on any atom is 0.256 e. The lowest BCUT2D eigenvalue weighted by molar-refractivity contribution is 0.102. The lowest BCUT2D eigenvalue weighted by Crippen LogP contribution is -2.15. The van der Waals surface area contributed by atoms with Gasteiger partial charge in [0.2, 0.25) is 0 Å². The Morgan fingerprint density at radius 1 is 1.10 bits per heavy atom. The lowest BCUT2D eigenvalue weighted by atomic mass is 10.2. The zero-order chi connectivity index (χ0) is 14.9. The number of hydrogen-bond donors (Lipinski definition) is 2. The van der Waals surface area contributed by atoms with Crippen molar-refractivity contribution in [3.05, 3.63) is 52.9 Å². The maximum absolute atomic E-state index is 12.4. The van der Waals surface area contributed by atoms with Crippen LogP contribution in [0.1, 0.15) is 10.4 Å². The quantitative estimate of drug-likeness (QED) is 0.372. The van der Waals surface area contributed by atoms with E-state index < -0.39 is 0 Å². The summed E-state index contributed by atoms with van der Waals surface area (Å²) in [4.78, 5) is 12.4. The van der Waals surface area contributed by atoms with Crippen molar-refractivity contribution in [1.29, 1.82) is 0 Å². The molecule has 1 amide bonds. The second-order valence-corrected chi connectivity index (χ2v) is 7.78.